The number of hydrogen-bond acceptors (Lipinski definition) is 1. The minimum atomic E-state index is -0.0372. The summed E-state index contributed by atoms with van der Waals surface area (Å²) in [6.07, 6.45) is 1.89. The minimum absolute atomic E-state index is 0.0212. The molecule has 1 unspecified atom stereocenters. The Kier molecular flexibility index (Phi) is 3.72. The Morgan fingerprint density at radius 3 is 2.50 bits per heavy atom. The number of para-hydroxylation sites is 1. The van der Waals surface area contributed by atoms with Crippen LogP contribution in [-0.2, 0) is 7.05 Å². The summed E-state index contributed by atoms with van der Waals surface area (Å²) in [6.45, 7) is 4.07. The van der Waals surface area contributed by atoms with E-state index in [0.717, 1.165) is 22.0 Å². The van der Waals surface area contributed by atoms with Gasteiger partial charge < -0.3 is 9.88 Å². The van der Waals surface area contributed by atoms with Crippen LogP contribution in [0.3, 0.4) is 0 Å². The Hall–Kier alpha value is -2.55. The summed E-state index contributed by atoms with van der Waals surface area (Å²) in [7, 11) is 1.96. The van der Waals surface area contributed by atoms with Crippen LogP contribution in [0.2, 0.25) is 0 Å². The molecule has 1 amide bonds. The number of hydrogen-bond donors (Lipinski definition) is 1. The molecule has 112 valence electrons. The largest absolute Gasteiger partial charge is 0.350 e. The SMILES string of the molecule is Cc1ccc(C(C)NC(=O)c2cn(C)c3ccccc23)cc1. The van der Waals surface area contributed by atoms with Crippen LogP contribution in [0.1, 0.15) is 34.5 Å². The molecule has 0 aliphatic rings. The molecule has 3 aromatic rings. The molecule has 3 nitrogen and oxygen atoms in total. The monoisotopic (exact) mass is 292 g/mol. The van der Waals surface area contributed by atoms with E-state index < -0.39 is 0 Å². The lowest BCUT2D eigenvalue weighted by Crippen LogP contribution is -2.26. The summed E-state index contributed by atoms with van der Waals surface area (Å²) in [5, 5.41) is 4.07. The first-order chi connectivity index (χ1) is 10.6. The fourth-order valence-electron chi connectivity index (χ4n) is 2.74. The minimum Gasteiger partial charge on any atom is -0.350 e. The first-order valence-corrected chi connectivity index (χ1v) is 7.48. The van der Waals surface area contributed by atoms with Crippen LogP contribution in [0.5, 0.6) is 0 Å². The van der Waals surface area contributed by atoms with E-state index in [2.05, 4.69) is 36.5 Å². The van der Waals surface area contributed by atoms with Crippen molar-refractivity contribution in [3.8, 4) is 0 Å². The maximum absolute atomic E-state index is 12.6. The Morgan fingerprint density at radius 1 is 1.09 bits per heavy atom. The van der Waals surface area contributed by atoms with Crippen molar-refractivity contribution in [3.63, 3.8) is 0 Å². The molecular formula is C19H20N2O. The molecular weight excluding hydrogens is 272 g/mol. The van der Waals surface area contributed by atoms with Crippen molar-refractivity contribution in [2.24, 2.45) is 7.05 Å². The van der Waals surface area contributed by atoms with Gasteiger partial charge in [-0.15, -0.1) is 0 Å². The highest BCUT2D eigenvalue weighted by Crippen LogP contribution is 2.21. The van der Waals surface area contributed by atoms with Crippen LogP contribution in [0.4, 0.5) is 0 Å². The third kappa shape index (κ3) is 2.62. The molecule has 3 heteroatoms. The molecule has 1 N–H and O–H groups in total. The Bertz CT molecular complexity index is 815. The summed E-state index contributed by atoms with van der Waals surface area (Å²) in [5.74, 6) is -0.0372. The molecule has 1 atom stereocenters. The molecule has 0 radical (unpaired) electrons. The second kappa shape index (κ2) is 5.68. The number of fused-ring (bicyclic) bond motifs is 1. The molecule has 3 rings (SSSR count). The summed E-state index contributed by atoms with van der Waals surface area (Å²) >= 11 is 0. The standard InChI is InChI=1S/C19H20N2O/c1-13-8-10-15(11-9-13)14(2)20-19(22)17-12-21(3)18-7-5-4-6-16(17)18/h4-12,14H,1-3H3,(H,20,22). The van der Waals surface area contributed by atoms with Crippen molar-refractivity contribution in [3.05, 3.63) is 71.4 Å². The normalized spacial score (nSPS) is 12.3. The number of rotatable bonds is 3. The van der Waals surface area contributed by atoms with Crippen LogP contribution < -0.4 is 5.32 Å². The van der Waals surface area contributed by atoms with E-state index in [4.69, 9.17) is 0 Å². The van der Waals surface area contributed by atoms with Crippen molar-refractivity contribution in [2.75, 3.05) is 0 Å². The maximum atomic E-state index is 12.6. The van der Waals surface area contributed by atoms with Gasteiger partial charge in [0.25, 0.3) is 5.91 Å². The number of benzene rings is 2. The zero-order valence-electron chi connectivity index (χ0n) is 13.1. The second-order valence-electron chi connectivity index (χ2n) is 5.78. The molecule has 0 spiro atoms. The number of nitrogens with one attached hydrogen (secondary N) is 1. The zero-order valence-corrected chi connectivity index (χ0v) is 13.1. The van der Waals surface area contributed by atoms with Gasteiger partial charge in [-0.25, -0.2) is 0 Å². The Morgan fingerprint density at radius 2 is 1.77 bits per heavy atom. The number of carbonyl (C=O) groups is 1. The molecule has 0 saturated heterocycles. The van der Waals surface area contributed by atoms with Gasteiger partial charge in [0.15, 0.2) is 0 Å². The third-order valence-electron chi connectivity index (χ3n) is 4.07. The van der Waals surface area contributed by atoms with Gasteiger partial charge in [0.1, 0.15) is 0 Å². The predicted octanol–water partition coefficient (Wildman–Crippen LogP) is 3.98. The molecule has 1 aromatic heterocycles. The number of nitrogens with zero attached hydrogens (tertiary/aromatic N) is 1. The molecule has 0 fully saturated rings. The van der Waals surface area contributed by atoms with Crippen LogP contribution >= 0.6 is 0 Å². The van der Waals surface area contributed by atoms with Gasteiger partial charge in [-0.3, -0.25) is 4.79 Å². The predicted molar refractivity (Wildman–Crippen MR) is 90.0 cm³/mol. The van der Waals surface area contributed by atoms with Gasteiger partial charge in [0.05, 0.1) is 11.6 Å². The number of amides is 1. The average Bonchev–Trinajstić information content (AvgIpc) is 2.86. The average molecular weight is 292 g/mol. The van der Waals surface area contributed by atoms with Gasteiger partial charge in [0.2, 0.25) is 0 Å². The number of aryl methyl sites for hydroxylation is 2. The van der Waals surface area contributed by atoms with E-state index >= 15 is 0 Å². The Labute approximate surface area is 130 Å². The molecule has 0 aliphatic heterocycles. The lowest BCUT2D eigenvalue weighted by molar-refractivity contribution is 0.0941. The highest BCUT2D eigenvalue weighted by atomic mass is 16.1. The molecule has 0 aliphatic carbocycles. The van der Waals surface area contributed by atoms with E-state index in [0.29, 0.717) is 0 Å². The fourth-order valence-corrected chi connectivity index (χ4v) is 2.74. The number of aromatic nitrogens is 1. The highest BCUT2D eigenvalue weighted by Gasteiger charge is 2.16. The van der Waals surface area contributed by atoms with Crippen molar-refractivity contribution in [2.45, 2.75) is 19.9 Å². The van der Waals surface area contributed by atoms with Crippen LogP contribution in [0, 0.1) is 6.92 Å². The molecule has 2 aromatic carbocycles. The van der Waals surface area contributed by atoms with Crippen molar-refractivity contribution < 1.29 is 4.79 Å². The van der Waals surface area contributed by atoms with Crippen LogP contribution in [-0.4, -0.2) is 10.5 Å². The summed E-state index contributed by atoms with van der Waals surface area (Å²) < 4.78 is 1.99. The van der Waals surface area contributed by atoms with Gasteiger partial charge in [-0.05, 0) is 25.5 Å². The zero-order chi connectivity index (χ0) is 15.7. The third-order valence-corrected chi connectivity index (χ3v) is 4.07. The first kappa shape index (κ1) is 14.4. The van der Waals surface area contributed by atoms with Gasteiger partial charge in [0, 0.05) is 24.1 Å². The highest BCUT2D eigenvalue weighted by molar-refractivity contribution is 6.07. The molecule has 22 heavy (non-hydrogen) atoms. The van der Waals surface area contributed by atoms with Crippen molar-refractivity contribution in [1.29, 1.82) is 0 Å². The lowest BCUT2D eigenvalue weighted by atomic mass is 10.1. The van der Waals surface area contributed by atoms with Gasteiger partial charge >= 0.3 is 0 Å². The van der Waals surface area contributed by atoms with E-state index in [1.807, 2.05) is 49.0 Å². The fraction of sp³-hybridized carbons (Fsp3) is 0.211. The molecule has 0 saturated carbocycles. The smallest absolute Gasteiger partial charge is 0.253 e. The number of carbonyl (C=O) groups excluding carboxylic acids is 1. The second-order valence-corrected chi connectivity index (χ2v) is 5.78. The maximum Gasteiger partial charge on any atom is 0.253 e. The van der Waals surface area contributed by atoms with E-state index in [1.54, 1.807) is 0 Å². The molecule has 0 bridgehead atoms. The van der Waals surface area contributed by atoms with Crippen molar-refractivity contribution in [1.82, 2.24) is 9.88 Å². The summed E-state index contributed by atoms with van der Waals surface area (Å²) in [4.78, 5) is 12.6. The topological polar surface area (TPSA) is 34.0 Å². The van der Waals surface area contributed by atoms with Gasteiger partial charge in [-0.2, -0.15) is 0 Å². The first-order valence-electron chi connectivity index (χ1n) is 7.48. The van der Waals surface area contributed by atoms with Crippen molar-refractivity contribution >= 4 is 16.8 Å². The summed E-state index contributed by atoms with van der Waals surface area (Å²) in [6, 6.07) is 16.2. The lowest BCUT2D eigenvalue weighted by Gasteiger charge is -2.14. The van der Waals surface area contributed by atoms with E-state index in [9.17, 15) is 4.79 Å². The van der Waals surface area contributed by atoms with E-state index in [-0.39, 0.29) is 11.9 Å². The van der Waals surface area contributed by atoms with Crippen LogP contribution in [0.25, 0.3) is 10.9 Å². The summed E-state index contributed by atoms with van der Waals surface area (Å²) in [5.41, 5.74) is 4.11. The Balaban J connectivity index is 1.85. The quantitative estimate of drug-likeness (QED) is 0.778. The van der Waals surface area contributed by atoms with E-state index in [1.165, 1.54) is 5.56 Å². The molecule has 1 heterocycles. The van der Waals surface area contributed by atoms with Crippen LogP contribution in [0.15, 0.2) is 54.7 Å². The van der Waals surface area contributed by atoms with Gasteiger partial charge in [-0.1, -0.05) is 48.0 Å².